The molecule has 140 valence electrons. The fourth-order valence-electron chi connectivity index (χ4n) is 2.39. The molecule has 1 fully saturated rings. The topological polar surface area (TPSA) is 121 Å². The molecule has 0 amide bonds. The van der Waals surface area contributed by atoms with Crippen molar-refractivity contribution in [1.29, 1.82) is 0 Å². The van der Waals surface area contributed by atoms with Crippen molar-refractivity contribution in [2.24, 2.45) is 0 Å². The minimum atomic E-state index is -3.47. The number of nitrogens with zero attached hydrogens (tertiary/aromatic N) is 2. The molecule has 0 saturated carbocycles. The zero-order valence-electron chi connectivity index (χ0n) is 14.2. The van der Waals surface area contributed by atoms with E-state index < -0.39 is 19.7 Å². The summed E-state index contributed by atoms with van der Waals surface area (Å²) < 4.78 is 23.4. The monoisotopic (exact) mass is 381 g/mol. The summed E-state index contributed by atoms with van der Waals surface area (Å²) in [6.45, 7) is 2.53. The Morgan fingerprint density at radius 3 is 2.81 bits per heavy atom. The number of anilines is 1. The molecule has 10 heteroatoms. The Morgan fingerprint density at radius 1 is 1.38 bits per heavy atom. The summed E-state index contributed by atoms with van der Waals surface area (Å²) in [5, 5.41) is 0. The summed E-state index contributed by atoms with van der Waals surface area (Å²) in [4.78, 5) is 28.2. The van der Waals surface area contributed by atoms with E-state index in [-0.39, 0.29) is 25.3 Å². The molecule has 0 aliphatic carbocycles. The van der Waals surface area contributed by atoms with Gasteiger partial charge in [-0.2, -0.15) is 9.51 Å². The summed E-state index contributed by atoms with van der Waals surface area (Å²) >= 11 is 0. The Morgan fingerprint density at radius 2 is 2.15 bits per heavy atom. The van der Waals surface area contributed by atoms with Crippen molar-refractivity contribution in [3.8, 4) is 11.5 Å². The highest BCUT2D eigenvalue weighted by molar-refractivity contribution is 7.59. The predicted octanol–water partition coefficient (Wildman–Crippen LogP) is 0.799. The molecule has 1 saturated heterocycles. The van der Waals surface area contributed by atoms with Crippen molar-refractivity contribution in [2.45, 2.75) is 19.6 Å². The van der Waals surface area contributed by atoms with Crippen molar-refractivity contribution >= 4 is 13.8 Å². The SMILES string of the molecule is CCOc1ccccc1O[P+]1([O-])COC(Cn2ccc(N)nc2=O)CO1. The quantitative estimate of drug-likeness (QED) is 0.730. The van der Waals surface area contributed by atoms with Gasteiger partial charge in [-0.05, 0) is 25.1 Å². The van der Waals surface area contributed by atoms with E-state index in [2.05, 4.69) is 4.98 Å². The smallest absolute Gasteiger partial charge is 0.349 e. The third kappa shape index (κ3) is 4.50. The maximum absolute atomic E-state index is 12.7. The first-order valence-electron chi connectivity index (χ1n) is 8.08. The number of rotatable bonds is 6. The minimum absolute atomic E-state index is 0.0187. The van der Waals surface area contributed by atoms with Crippen molar-refractivity contribution in [3.05, 3.63) is 47.0 Å². The van der Waals surface area contributed by atoms with E-state index in [0.29, 0.717) is 18.1 Å². The van der Waals surface area contributed by atoms with Crippen molar-refractivity contribution in [1.82, 2.24) is 9.55 Å². The van der Waals surface area contributed by atoms with Crippen LogP contribution in [0.25, 0.3) is 0 Å². The van der Waals surface area contributed by atoms with Gasteiger partial charge < -0.3 is 24.6 Å². The van der Waals surface area contributed by atoms with E-state index in [9.17, 15) is 9.69 Å². The minimum Gasteiger partial charge on any atom is -0.622 e. The number of hydrogen-bond acceptors (Lipinski definition) is 8. The molecule has 1 aliphatic heterocycles. The fraction of sp³-hybridized carbons (Fsp3) is 0.375. The standard InChI is InChI=1S/C16H20N3O6P/c1-2-22-13-5-3-4-6-14(13)25-26(21)11-23-12(10-24-26)9-19-8-7-15(17)18-16(19)20/h3-8,12H,2,9-11H2,1H3,(H2,17,18,20). The van der Waals surface area contributed by atoms with Crippen LogP contribution in [0.2, 0.25) is 0 Å². The average molecular weight is 381 g/mol. The van der Waals surface area contributed by atoms with E-state index in [1.807, 2.05) is 6.92 Å². The Balaban J connectivity index is 1.61. The van der Waals surface area contributed by atoms with Crippen LogP contribution in [0.3, 0.4) is 0 Å². The Hall–Kier alpha value is -2.19. The van der Waals surface area contributed by atoms with Crippen molar-refractivity contribution in [3.63, 3.8) is 0 Å². The van der Waals surface area contributed by atoms with Crippen molar-refractivity contribution in [2.75, 3.05) is 25.3 Å². The van der Waals surface area contributed by atoms with Gasteiger partial charge >= 0.3 is 13.6 Å². The van der Waals surface area contributed by atoms with Gasteiger partial charge in [0.15, 0.2) is 5.75 Å². The summed E-state index contributed by atoms with van der Waals surface area (Å²) in [7, 11) is -3.47. The first kappa shape index (κ1) is 18.6. The molecule has 0 spiro atoms. The lowest BCUT2D eigenvalue weighted by Gasteiger charge is -2.34. The number of nitrogen functional groups attached to an aromatic ring is 1. The second-order valence-corrected chi connectivity index (χ2v) is 7.50. The second-order valence-electron chi connectivity index (χ2n) is 5.58. The van der Waals surface area contributed by atoms with E-state index in [4.69, 9.17) is 24.3 Å². The molecular weight excluding hydrogens is 361 g/mol. The first-order chi connectivity index (χ1) is 12.5. The van der Waals surface area contributed by atoms with Gasteiger partial charge in [0.2, 0.25) is 12.1 Å². The van der Waals surface area contributed by atoms with Gasteiger partial charge in [0, 0.05) is 6.20 Å². The van der Waals surface area contributed by atoms with Crippen LogP contribution in [0.5, 0.6) is 11.5 Å². The lowest BCUT2D eigenvalue weighted by Crippen LogP contribution is -2.39. The van der Waals surface area contributed by atoms with Gasteiger partial charge in [-0.15, -0.1) is 0 Å². The van der Waals surface area contributed by atoms with E-state index in [0.717, 1.165) is 0 Å². The molecule has 9 nitrogen and oxygen atoms in total. The molecule has 0 radical (unpaired) electrons. The molecule has 2 N–H and O–H groups in total. The van der Waals surface area contributed by atoms with Crippen LogP contribution < -0.4 is 25.6 Å². The van der Waals surface area contributed by atoms with E-state index in [1.165, 1.54) is 16.8 Å². The van der Waals surface area contributed by atoms with Crippen LogP contribution in [0.4, 0.5) is 5.82 Å². The van der Waals surface area contributed by atoms with Gasteiger partial charge in [0.05, 0.1) is 13.2 Å². The van der Waals surface area contributed by atoms with E-state index >= 15 is 0 Å². The highest BCUT2D eigenvalue weighted by atomic mass is 31.2. The van der Waals surface area contributed by atoms with Gasteiger partial charge in [0.1, 0.15) is 18.5 Å². The lowest BCUT2D eigenvalue weighted by atomic mass is 10.3. The molecular formula is C16H20N3O6P. The van der Waals surface area contributed by atoms with Crippen LogP contribution in [0.1, 0.15) is 6.92 Å². The third-order valence-corrected chi connectivity index (χ3v) is 5.09. The van der Waals surface area contributed by atoms with Gasteiger partial charge in [-0.25, -0.2) is 4.79 Å². The Bertz CT molecular complexity index is 807. The van der Waals surface area contributed by atoms with Gasteiger partial charge in [0.25, 0.3) is 0 Å². The predicted molar refractivity (Wildman–Crippen MR) is 93.8 cm³/mol. The molecule has 2 aromatic rings. The van der Waals surface area contributed by atoms with E-state index in [1.54, 1.807) is 24.3 Å². The molecule has 1 aromatic heterocycles. The summed E-state index contributed by atoms with van der Waals surface area (Å²) in [6, 6.07) is 8.43. The second kappa shape index (κ2) is 8.01. The lowest BCUT2D eigenvalue weighted by molar-refractivity contribution is -0.229. The third-order valence-electron chi connectivity index (χ3n) is 3.61. The molecule has 0 bridgehead atoms. The molecule has 3 rings (SSSR count). The number of hydrogen-bond donors (Lipinski definition) is 1. The first-order valence-corrected chi connectivity index (χ1v) is 9.81. The number of aromatic nitrogens is 2. The van der Waals surface area contributed by atoms with Crippen LogP contribution in [0.15, 0.2) is 41.3 Å². The summed E-state index contributed by atoms with van der Waals surface area (Å²) in [6.07, 6.45) is 0.845. The molecule has 2 heterocycles. The summed E-state index contributed by atoms with van der Waals surface area (Å²) in [5.41, 5.74) is 4.98. The average Bonchev–Trinajstić information content (AvgIpc) is 2.61. The zero-order valence-corrected chi connectivity index (χ0v) is 15.1. The number of nitrogens with two attached hydrogens (primary N) is 1. The number of para-hydroxylation sites is 2. The largest absolute Gasteiger partial charge is 0.622 e. The maximum Gasteiger partial charge on any atom is 0.349 e. The van der Waals surface area contributed by atoms with Crippen LogP contribution >= 0.6 is 7.94 Å². The Kier molecular flexibility index (Phi) is 5.73. The van der Waals surface area contributed by atoms with Gasteiger partial charge in [-0.3, -0.25) is 4.57 Å². The molecule has 26 heavy (non-hydrogen) atoms. The maximum atomic E-state index is 12.7. The molecule has 1 aliphatic rings. The fourth-order valence-corrected chi connectivity index (χ4v) is 3.80. The summed E-state index contributed by atoms with van der Waals surface area (Å²) in [5.74, 6) is 0.965. The normalized spacial score (nSPS) is 22.8. The molecule has 2 unspecified atom stereocenters. The van der Waals surface area contributed by atoms with Gasteiger partial charge in [-0.1, -0.05) is 12.1 Å². The highest BCUT2D eigenvalue weighted by Gasteiger charge is 2.40. The molecule has 2 atom stereocenters. The van der Waals surface area contributed by atoms with Crippen LogP contribution in [-0.2, 0) is 15.8 Å². The molecule has 1 aromatic carbocycles. The highest BCUT2D eigenvalue weighted by Crippen LogP contribution is 2.55. The number of ether oxygens (including phenoxy) is 2. The zero-order chi connectivity index (χ0) is 18.6. The van der Waals surface area contributed by atoms with Crippen LogP contribution in [-0.4, -0.2) is 35.2 Å². The Labute approximate surface area is 150 Å². The van der Waals surface area contributed by atoms with Crippen LogP contribution in [0, 0.1) is 0 Å². The number of benzene rings is 1. The van der Waals surface area contributed by atoms with Crippen molar-refractivity contribution < 1.29 is 23.4 Å².